The molecule has 1 unspecified atom stereocenters. The predicted octanol–water partition coefficient (Wildman–Crippen LogP) is 2.95. The van der Waals surface area contributed by atoms with Crippen LogP contribution in [0.1, 0.15) is 18.6 Å². The Bertz CT molecular complexity index is 238. The van der Waals surface area contributed by atoms with Crippen molar-refractivity contribution in [2.75, 3.05) is 7.11 Å². The van der Waals surface area contributed by atoms with Crippen LogP contribution in [0.5, 0.6) is 0 Å². The largest absolute Gasteiger partial charge is 0.373 e. The predicted molar refractivity (Wildman–Crippen MR) is 51.0 cm³/mol. The summed E-state index contributed by atoms with van der Waals surface area (Å²) in [4.78, 5) is 0. The van der Waals surface area contributed by atoms with Crippen molar-refractivity contribution in [2.24, 2.45) is 0 Å². The van der Waals surface area contributed by atoms with Gasteiger partial charge < -0.3 is 4.74 Å². The van der Waals surface area contributed by atoms with Crippen molar-refractivity contribution in [1.29, 1.82) is 0 Å². The molecule has 0 bridgehead atoms. The van der Waals surface area contributed by atoms with Crippen molar-refractivity contribution in [1.82, 2.24) is 0 Å². The summed E-state index contributed by atoms with van der Waals surface area (Å²) in [7, 11) is 1.72. The zero-order valence-corrected chi connectivity index (χ0v) is 7.53. The van der Waals surface area contributed by atoms with Gasteiger partial charge in [-0.05, 0) is 12.5 Å². The third-order valence-electron chi connectivity index (χ3n) is 1.75. The lowest BCUT2D eigenvalue weighted by atomic mass is 10.1. The van der Waals surface area contributed by atoms with Crippen LogP contribution in [0.25, 0.3) is 0 Å². The first-order valence-corrected chi connectivity index (χ1v) is 4.09. The Kier molecular flexibility index (Phi) is 3.55. The molecule has 1 aromatic rings. The fraction of sp³-hybridized carbons (Fsp3) is 0.273. The molecule has 0 radical (unpaired) electrons. The Hall–Kier alpha value is -1.08. The van der Waals surface area contributed by atoms with Gasteiger partial charge in [-0.2, -0.15) is 0 Å². The van der Waals surface area contributed by atoms with Crippen LogP contribution in [0, 0.1) is 0 Å². The minimum Gasteiger partial charge on any atom is -0.373 e. The molecule has 1 nitrogen and oxygen atoms in total. The fourth-order valence-electron chi connectivity index (χ4n) is 1.14. The number of rotatable bonds is 3. The number of hydrogen-bond acceptors (Lipinski definition) is 1. The van der Waals surface area contributed by atoms with Crippen LogP contribution in [-0.2, 0) is 4.74 Å². The summed E-state index contributed by atoms with van der Waals surface area (Å²) in [6.45, 7) is 2.00. The molecule has 0 aromatic heterocycles. The molecular formula is C11H14O. The maximum Gasteiger partial charge on any atom is 0.100 e. The van der Waals surface area contributed by atoms with E-state index in [4.69, 9.17) is 4.74 Å². The molecular weight excluding hydrogens is 148 g/mol. The molecule has 1 aromatic carbocycles. The number of ether oxygens (including phenoxy) is 1. The van der Waals surface area contributed by atoms with Gasteiger partial charge in [-0.25, -0.2) is 0 Å². The van der Waals surface area contributed by atoms with Crippen LogP contribution in [0.15, 0.2) is 42.5 Å². The summed E-state index contributed by atoms with van der Waals surface area (Å²) < 4.78 is 5.29. The first-order valence-electron chi connectivity index (χ1n) is 4.09. The van der Waals surface area contributed by atoms with Crippen molar-refractivity contribution in [3.63, 3.8) is 0 Å². The van der Waals surface area contributed by atoms with Crippen molar-refractivity contribution in [3.8, 4) is 0 Å². The summed E-state index contributed by atoms with van der Waals surface area (Å²) in [5, 5.41) is 0. The smallest absolute Gasteiger partial charge is 0.100 e. The topological polar surface area (TPSA) is 9.23 Å². The molecule has 0 aliphatic heterocycles. The highest BCUT2D eigenvalue weighted by Gasteiger charge is 2.03. The molecule has 0 aliphatic carbocycles. The third kappa shape index (κ3) is 2.21. The normalized spacial score (nSPS) is 13.5. The Morgan fingerprint density at radius 1 is 1.25 bits per heavy atom. The third-order valence-corrected chi connectivity index (χ3v) is 1.75. The lowest BCUT2D eigenvalue weighted by molar-refractivity contribution is 0.142. The highest BCUT2D eigenvalue weighted by molar-refractivity contribution is 5.21. The summed E-state index contributed by atoms with van der Waals surface area (Å²) in [5.41, 5.74) is 1.19. The van der Waals surface area contributed by atoms with Crippen LogP contribution in [0.3, 0.4) is 0 Å². The van der Waals surface area contributed by atoms with Crippen LogP contribution >= 0.6 is 0 Å². The molecule has 0 spiro atoms. The van der Waals surface area contributed by atoms with Crippen molar-refractivity contribution in [3.05, 3.63) is 48.0 Å². The molecule has 64 valence electrons. The molecule has 0 fully saturated rings. The molecule has 0 aliphatic rings. The minimum atomic E-state index is 0.0937. The molecule has 0 amide bonds. The van der Waals surface area contributed by atoms with Gasteiger partial charge in [-0.3, -0.25) is 0 Å². The van der Waals surface area contributed by atoms with Gasteiger partial charge in [0.05, 0.1) is 0 Å². The SMILES string of the molecule is C/C=C/C(OC)c1ccccc1. The Morgan fingerprint density at radius 2 is 1.92 bits per heavy atom. The van der Waals surface area contributed by atoms with E-state index in [2.05, 4.69) is 12.1 Å². The maximum absolute atomic E-state index is 5.29. The molecule has 0 saturated carbocycles. The Balaban J connectivity index is 2.80. The first-order chi connectivity index (χ1) is 5.88. The van der Waals surface area contributed by atoms with Gasteiger partial charge in [0.1, 0.15) is 6.10 Å². The second-order valence-corrected chi connectivity index (χ2v) is 2.59. The van der Waals surface area contributed by atoms with E-state index in [1.165, 1.54) is 5.56 Å². The fourth-order valence-corrected chi connectivity index (χ4v) is 1.14. The summed E-state index contributed by atoms with van der Waals surface area (Å²) in [6, 6.07) is 10.2. The van der Waals surface area contributed by atoms with E-state index in [0.29, 0.717) is 0 Å². The van der Waals surface area contributed by atoms with Crippen LogP contribution in [-0.4, -0.2) is 7.11 Å². The van der Waals surface area contributed by atoms with E-state index in [9.17, 15) is 0 Å². The molecule has 1 atom stereocenters. The van der Waals surface area contributed by atoms with E-state index >= 15 is 0 Å². The Morgan fingerprint density at radius 3 is 2.42 bits per heavy atom. The highest BCUT2D eigenvalue weighted by atomic mass is 16.5. The van der Waals surface area contributed by atoms with Gasteiger partial charge in [0.25, 0.3) is 0 Å². The summed E-state index contributed by atoms with van der Waals surface area (Å²) >= 11 is 0. The number of allylic oxidation sites excluding steroid dienone is 1. The van der Waals surface area contributed by atoms with Crippen molar-refractivity contribution in [2.45, 2.75) is 13.0 Å². The molecule has 1 heteroatoms. The van der Waals surface area contributed by atoms with Crippen LogP contribution < -0.4 is 0 Å². The van der Waals surface area contributed by atoms with E-state index in [-0.39, 0.29) is 6.10 Å². The molecule has 0 heterocycles. The quantitative estimate of drug-likeness (QED) is 0.621. The standard InChI is InChI=1S/C11H14O/c1-3-7-11(12-2)10-8-5-4-6-9-10/h3-9,11H,1-2H3/b7-3+. The van der Waals surface area contributed by atoms with Crippen molar-refractivity contribution < 1.29 is 4.74 Å². The lowest BCUT2D eigenvalue weighted by Gasteiger charge is -2.10. The van der Waals surface area contributed by atoms with E-state index in [1.54, 1.807) is 7.11 Å². The highest BCUT2D eigenvalue weighted by Crippen LogP contribution is 2.16. The second-order valence-electron chi connectivity index (χ2n) is 2.59. The average molecular weight is 162 g/mol. The van der Waals surface area contributed by atoms with Gasteiger partial charge >= 0.3 is 0 Å². The van der Waals surface area contributed by atoms with Gasteiger partial charge in [0, 0.05) is 7.11 Å². The van der Waals surface area contributed by atoms with Gasteiger partial charge in [0.2, 0.25) is 0 Å². The lowest BCUT2D eigenvalue weighted by Crippen LogP contribution is -1.96. The first kappa shape index (κ1) is 9.01. The molecule has 0 N–H and O–H groups in total. The van der Waals surface area contributed by atoms with E-state index in [0.717, 1.165) is 0 Å². The number of hydrogen-bond donors (Lipinski definition) is 0. The van der Waals surface area contributed by atoms with Gasteiger partial charge in [-0.15, -0.1) is 0 Å². The second kappa shape index (κ2) is 4.73. The van der Waals surface area contributed by atoms with E-state index < -0.39 is 0 Å². The minimum absolute atomic E-state index is 0.0937. The maximum atomic E-state index is 5.29. The monoisotopic (exact) mass is 162 g/mol. The van der Waals surface area contributed by atoms with E-state index in [1.807, 2.05) is 37.3 Å². The van der Waals surface area contributed by atoms with Crippen LogP contribution in [0.4, 0.5) is 0 Å². The average Bonchev–Trinajstić information content (AvgIpc) is 2.15. The molecule has 12 heavy (non-hydrogen) atoms. The van der Waals surface area contributed by atoms with Crippen LogP contribution in [0.2, 0.25) is 0 Å². The van der Waals surface area contributed by atoms with Gasteiger partial charge in [0.15, 0.2) is 0 Å². The molecule has 0 saturated heterocycles. The number of methoxy groups -OCH3 is 1. The zero-order chi connectivity index (χ0) is 8.81. The number of benzene rings is 1. The van der Waals surface area contributed by atoms with Crippen molar-refractivity contribution >= 4 is 0 Å². The zero-order valence-electron chi connectivity index (χ0n) is 7.53. The molecule has 1 rings (SSSR count). The summed E-state index contributed by atoms with van der Waals surface area (Å²) in [6.07, 6.45) is 4.13. The Labute approximate surface area is 73.7 Å². The van der Waals surface area contributed by atoms with Gasteiger partial charge in [-0.1, -0.05) is 42.5 Å². The summed E-state index contributed by atoms with van der Waals surface area (Å²) in [5.74, 6) is 0.